The number of ether oxygens (including phenoxy) is 1. The van der Waals surface area contributed by atoms with Crippen molar-refractivity contribution in [1.29, 1.82) is 0 Å². The molecule has 10 heteroatoms. The van der Waals surface area contributed by atoms with E-state index in [9.17, 15) is 21.6 Å². The van der Waals surface area contributed by atoms with Gasteiger partial charge in [-0.05, 0) is 28.1 Å². The lowest BCUT2D eigenvalue weighted by atomic mass is 10.3. The fourth-order valence-electron chi connectivity index (χ4n) is 1.07. The molecule has 0 fully saturated rings. The molecule has 0 aliphatic rings. The molecule has 1 aromatic rings. The normalized spacial score (nSPS) is 12.3. The van der Waals surface area contributed by atoms with Gasteiger partial charge in [-0.25, -0.2) is 0 Å². The Balaban J connectivity index is 2.83. The van der Waals surface area contributed by atoms with Crippen LogP contribution in [-0.2, 0) is 10.2 Å². The van der Waals surface area contributed by atoms with Crippen LogP contribution in [0.4, 0.5) is 18.9 Å². The van der Waals surface area contributed by atoms with Gasteiger partial charge in [-0.15, -0.1) is 0 Å². The largest absolute Gasteiger partial charge is 0.497 e. The Kier molecular flexibility index (Phi) is 5.04. The van der Waals surface area contributed by atoms with Crippen molar-refractivity contribution in [3.63, 3.8) is 0 Å². The van der Waals surface area contributed by atoms with Crippen molar-refractivity contribution >= 4 is 31.8 Å². The lowest BCUT2D eigenvalue weighted by Gasteiger charge is -2.13. The summed E-state index contributed by atoms with van der Waals surface area (Å²) in [5.74, 6) is 0.358. The first kappa shape index (κ1) is 16.1. The van der Waals surface area contributed by atoms with E-state index in [4.69, 9.17) is 4.74 Å². The summed E-state index contributed by atoms with van der Waals surface area (Å²) in [5.41, 5.74) is 0.0639. The van der Waals surface area contributed by atoms with Gasteiger partial charge in [0.05, 0.1) is 12.8 Å². The Morgan fingerprint density at radius 1 is 1.37 bits per heavy atom. The van der Waals surface area contributed by atoms with Gasteiger partial charge in [0.1, 0.15) is 12.3 Å². The third kappa shape index (κ3) is 5.66. The molecule has 2 N–H and O–H groups in total. The van der Waals surface area contributed by atoms with Gasteiger partial charge in [0.2, 0.25) is 0 Å². The quantitative estimate of drug-likeness (QED) is 0.844. The first-order chi connectivity index (χ1) is 8.63. The highest BCUT2D eigenvalue weighted by molar-refractivity contribution is 9.10. The van der Waals surface area contributed by atoms with Gasteiger partial charge in [-0.2, -0.15) is 26.3 Å². The Morgan fingerprint density at radius 3 is 2.53 bits per heavy atom. The van der Waals surface area contributed by atoms with Crippen LogP contribution in [0.2, 0.25) is 0 Å². The van der Waals surface area contributed by atoms with Crippen LogP contribution in [0.15, 0.2) is 22.7 Å². The van der Waals surface area contributed by atoms with Crippen molar-refractivity contribution in [2.75, 3.05) is 18.4 Å². The van der Waals surface area contributed by atoms with Crippen molar-refractivity contribution in [3.8, 4) is 5.75 Å². The molecule has 0 saturated heterocycles. The smallest absolute Gasteiger partial charge is 0.402 e. The van der Waals surface area contributed by atoms with Gasteiger partial charge in [-0.3, -0.25) is 4.72 Å². The van der Waals surface area contributed by atoms with Gasteiger partial charge >= 0.3 is 6.18 Å². The molecule has 0 spiro atoms. The topological polar surface area (TPSA) is 67.4 Å². The Labute approximate surface area is 116 Å². The molecule has 19 heavy (non-hydrogen) atoms. The summed E-state index contributed by atoms with van der Waals surface area (Å²) in [6.07, 6.45) is -4.62. The minimum absolute atomic E-state index is 0.0639. The number of nitrogens with one attached hydrogen (secondary N) is 2. The molecular formula is C9H10BrF3N2O3S. The third-order valence-electron chi connectivity index (χ3n) is 1.88. The summed E-state index contributed by atoms with van der Waals surface area (Å²) in [6.45, 7) is -1.65. The second kappa shape index (κ2) is 5.97. The molecule has 0 radical (unpaired) electrons. The summed E-state index contributed by atoms with van der Waals surface area (Å²) in [5, 5.41) is 0. The first-order valence-electron chi connectivity index (χ1n) is 4.81. The van der Waals surface area contributed by atoms with E-state index in [1.165, 1.54) is 24.0 Å². The van der Waals surface area contributed by atoms with Gasteiger partial charge < -0.3 is 4.74 Å². The number of rotatable bonds is 5. The molecular weight excluding hydrogens is 353 g/mol. The molecule has 0 bridgehead atoms. The summed E-state index contributed by atoms with van der Waals surface area (Å²) in [4.78, 5) is 0. The maximum atomic E-state index is 11.9. The van der Waals surface area contributed by atoms with Crippen LogP contribution in [0.3, 0.4) is 0 Å². The van der Waals surface area contributed by atoms with E-state index in [2.05, 4.69) is 15.9 Å². The number of anilines is 1. The highest BCUT2D eigenvalue weighted by Crippen LogP contribution is 2.27. The predicted octanol–water partition coefficient (Wildman–Crippen LogP) is 2.27. The SMILES string of the molecule is COc1ccc(Br)c(NS(=O)(=O)NCC(F)(F)F)c1. The highest BCUT2D eigenvalue weighted by atomic mass is 79.9. The molecule has 0 aliphatic heterocycles. The molecule has 0 saturated carbocycles. The van der Waals surface area contributed by atoms with Gasteiger partial charge in [0.15, 0.2) is 0 Å². The number of benzene rings is 1. The fraction of sp³-hybridized carbons (Fsp3) is 0.333. The lowest BCUT2D eigenvalue weighted by molar-refractivity contribution is -0.121. The number of hydrogen-bond acceptors (Lipinski definition) is 3. The van der Waals surface area contributed by atoms with Crippen molar-refractivity contribution in [2.45, 2.75) is 6.18 Å². The van der Waals surface area contributed by atoms with Crippen molar-refractivity contribution < 1.29 is 26.3 Å². The Hall–Kier alpha value is -1.00. The lowest BCUT2D eigenvalue weighted by Crippen LogP contribution is -2.37. The predicted molar refractivity (Wildman–Crippen MR) is 67.3 cm³/mol. The average molecular weight is 363 g/mol. The van der Waals surface area contributed by atoms with Gasteiger partial charge in [0.25, 0.3) is 10.2 Å². The molecule has 0 unspecified atom stereocenters. The number of methoxy groups -OCH3 is 1. The molecule has 5 nitrogen and oxygen atoms in total. The second-order valence-electron chi connectivity index (χ2n) is 3.39. The summed E-state index contributed by atoms with van der Waals surface area (Å²) < 4.78 is 67.2. The average Bonchev–Trinajstić information content (AvgIpc) is 2.29. The van der Waals surface area contributed by atoms with Crippen LogP contribution >= 0.6 is 15.9 Å². The maximum absolute atomic E-state index is 11.9. The number of hydrogen-bond donors (Lipinski definition) is 2. The van der Waals surface area contributed by atoms with Crippen LogP contribution in [0.25, 0.3) is 0 Å². The zero-order valence-electron chi connectivity index (χ0n) is 9.58. The minimum atomic E-state index is -4.62. The van der Waals surface area contributed by atoms with Crippen LogP contribution in [0.1, 0.15) is 0 Å². The van der Waals surface area contributed by atoms with E-state index in [0.717, 1.165) is 0 Å². The molecule has 0 aliphatic carbocycles. The highest BCUT2D eigenvalue weighted by Gasteiger charge is 2.29. The molecule has 0 aromatic heterocycles. The third-order valence-corrected chi connectivity index (χ3v) is 3.59. The zero-order chi connectivity index (χ0) is 14.7. The van der Waals surface area contributed by atoms with Crippen molar-refractivity contribution in [2.24, 2.45) is 0 Å². The molecule has 0 heterocycles. The standard InChI is InChI=1S/C9H10BrF3N2O3S/c1-18-6-2-3-7(10)8(4-6)15-19(16,17)14-5-9(11,12)13/h2-4,14-15H,5H2,1H3. The van der Waals surface area contributed by atoms with E-state index in [0.29, 0.717) is 10.2 Å². The summed E-state index contributed by atoms with van der Waals surface area (Å²) >= 11 is 3.07. The summed E-state index contributed by atoms with van der Waals surface area (Å²) in [6, 6.07) is 4.39. The molecule has 1 rings (SSSR count). The monoisotopic (exact) mass is 362 g/mol. The van der Waals surface area contributed by atoms with E-state index in [-0.39, 0.29) is 5.69 Å². The van der Waals surface area contributed by atoms with E-state index in [1.54, 1.807) is 6.07 Å². The molecule has 0 atom stereocenters. The summed E-state index contributed by atoms with van der Waals surface area (Å²) in [7, 11) is -2.94. The van der Waals surface area contributed by atoms with Crippen LogP contribution in [0.5, 0.6) is 5.75 Å². The van der Waals surface area contributed by atoms with Crippen LogP contribution in [0, 0.1) is 0 Å². The molecule has 0 amide bonds. The molecule has 1 aromatic carbocycles. The van der Waals surface area contributed by atoms with E-state index >= 15 is 0 Å². The Morgan fingerprint density at radius 2 is 2.00 bits per heavy atom. The van der Waals surface area contributed by atoms with Gasteiger partial charge in [0, 0.05) is 10.5 Å². The maximum Gasteiger partial charge on any atom is 0.402 e. The van der Waals surface area contributed by atoms with E-state index < -0.39 is 22.9 Å². The number of halogens is 4. The fourth-order valence-corrected chi connectivity index (χ4v) is 2.43. The van der Waals surface area contributed by atoms with Gasteiger partial charge in [-0.1, -0.05) is 0 Å². The number of alkyl halides is 3. The van der Waals surface area contributed by atoms with Crippen molar-refractivity contribution in [1.82, 2.24) is 4.72 Å². The van der Waals surface area contributed by atoms with Crippen molar-refractivity contribution in [3.05, 3.63) is 22.7 Å². The Bertz CT molecular complexity index is 548. The first-order valence-corrected chi connectivity index (χ1v) is 7.08. The van der Waals surface area contributed by atoms with Crippen LogP contribution in [-0.4, -0.2) is 28.2 Å². The minimum Gasteiger partial charge on any atom is -0.497 e. The van der Waals surface area contributed by atoms with Crippen LogP contribution < -0.4 is 14.2 Å². The second-order valence-corrected chi connectivity index (χ2v) is 5.74. The zero-order valence-corrected chi connectivity index (χ0v) is 12.0. The molecule has 108 valence electrons. The van der Waals surface area contributed by atoms with E-state index in [1.807, 2.05) is 4.72 Å².